The molecule has 2 aromatic heterocycles. The molecule has 0 radical (unpaired) electrons. The highest BCUT2D eigenvalue weighted by Gasteiger charge is 2.42. The summed E-state index contributed by atoms with van der Waals surface area (Å²) in [5, 5.41) is 18.1. The number of fused-ring (bicyclic) bond motifs is 1. The van der Waals surface area contributed by atoms with Crippen molar-refractivity contribution >= 4 is 17.5 Å². The number of methoxy groups -OCH3 is 1. The maximum atomic E-state index is 13.3. The van der Waals surface area contributed by atoms with Crippen molar-refractivity contribution < 1.29 is 19.1 Å². The highest BCUT2D eigenvalue weighted by molar-refractivity contribution is 6.31. The van der Waals surface area contributed by atoms with Crippen LogP contribution in [0.2, 0.25) is 5.02 Å². The number of nitrogens with one attached hydrogen (secondary N) is 1. The largest absolute Gasteiger partial charge is 0.507 e. The molecule has 156 valence electrons. The van der Waals surface area contributed by atoms with Crippen molar-refractivity contribution in [3.8, 4) is 22.8 Å². The molecule has 0 saturated heterocycles. The van der Waals surface area contributed by atoms with Crippen LogP contribution in [0.5, 0.6) is 11.5 Å². The van der Waals surface area contributed by atoms with Gasteiger partial charge in [0.05, 0.1) is 26.0 Å². The van der Waals surface area contributed by atoms with Gasteiger partial charge in [0.25, 0.3) is 5.91 Å². The average Bonchev–Trinajstić information content (AvgIpc) is 3.50. The van der Waals surface area contributed by atoms with Crippen molar-refractivity contribution in [2.75, 3.05) is 7.11 Å². The van der Waals surface area contributed by atoms with E-state index in [1.165, 1.54) is 6.07 Å². The van der Waals surface area contributed by atoms with Gasteiger partial charge in [0.15, 0.2) is 0 Å². The monoisotopic (exact) mass is 435 g/mol. The van der Waals surface area contributed by atoms with Gasteiger partial charge in [-0.3, -0.25) is 9.89 Å². The topological polar surface area (TPSA) is 91.6 Å². The lowest BCUT2D eigenvalue weighted by Gasteiger charge is -2.25. The van der Waals surface area contributed by atoms with Gasteiger partial charge in [-0.1, -0.05) is 23.7 Å². The molecule has 31 heavy (non-hydrogen) atoms. The molecule has 0 saturated carbocycles. The van der Waals surface area contributed by atoms with Crippen LogP contribution < -0.4 is 4.74 Å². The summed E-state index contributed by atoms with van der Waals surface area (Å²) in [4.78, 5) is 15.0. The first-order valence-corrected chi connectivity index (χ1v) is 9.99. The van der Waals surface area contributed by atoms with Gasteiger partial charge in [0, 0.05) is 16.1 Å². The van der Waals surface area contributed by atoms with Crippen molar-refractivity contribution in [1.29, 1.82) is 0 Å². The van der Waals surface area contributed by atoms with Crippen molar-refractivity contribution in [3.63, 3.8) is 0 Å². The van der Waals surface area contributed by atoms with Gasteiger partial charge in [-0.25, -0.2) is 0 Å². The Morgan fingerprint density at radius 2 is 2.03 bits per heavy atom. The van der Waals surface area contributed by atoms with E-state index in [2.05, 4.69) is 10.2 Å². The number of nitrogens with zero attached hydrogens (tertiary/aromatic N) is 2. The maximum absolute atomic E-state index is 13.3. The summed E-state index contributed by atoms with van der Waals surface area (Å²) < 4.78 is 10.8. The van der Waals surface area contributed by atoms with E-state index in [0.29, 0.717) is 39.0 Å². The number of amides is 1. The van der Waals surface area contributed by atoms with Gasteiger partial charge >= 0.3 is 0 Å². The summed E-state index contributed by atoms with van der Waals surface area (Å²) in [6, 6.07) is 15.4. The molecule has 1 aliphatic rings. The molecule has 2 aromatic carbocycles. The second-order valence-electron chi connectivity index (χ2n) is 7.21. The molecule has 1 amide bonds. The molecule has 0 aliphatic carbocycles. The van der Waals surface area contributed by atoms with Gasteiger partial charge in [0.2, 0.25) is 0 Å². The van der Waals surface area contributed by atoms with Gasteiger partial charge in [0.1, 0.15) is 28.6 Å². The van der Waals surface area contributed by atoms with E-state index in [1.54, 1.807) is 36.5 Å². The number of halogens is 1. The normalized spacial score (nSPS) is 15.4. The minimum absolute atomic E-state index is 0.0316. The number of phenolic OH excluding ortho intramolecular Hbond substituents is 1. The van der Waals surface area contributed by atoms with E-state index in [0.717, 1.165) is 5.56 Å². The van der Waals surface area contributed by atoms with Crippen LogP contribution in [0.15, 0.2) is 65.3 Å². The fourth-order valence-electron chi connectivity index (χ4n) is 3.97. The highest BCUT2D eigenvalue weighted by Crippen LogP contribution is 2.45. The Kier molecular flexibility index (Phi) is 4.67. The zero-order valence-electron chi connectivity index (χ0n) is 16.5. The molecule has 2 N–H and O–H groups in total. The molecule has 0 bridgehead atoms. The van der Waals surface area contributed by atoms with Crippen molar-refractivity contribution in [2.45, 2.75) is 12.6 Å². The first kappa shape index (κ1) is 19.3. The molecular formula is C23H18ClN3O4. The smallest absolute Gasteiger partial charge is 0.273 e. The SMILES string of the molecule is COc1ccc(C2c3c(-c4cc(Cl)ccc4O)n[nH]c3C(=O)N2Cc2ccco2)cc1. The van der Waals surface area contributed by atoms with Crippen molar-refractivity contribution in [2.24, 2.45) is 0 Å². The Morgan fingerprint density at radius 1 is 1.23 bits per heavy atom. The molecule has 4 aromatic rings. The van der Waals surface area contributed by atoms with E-state index in [1.807, 2.05) is 30.3 Å². The number of carbonyl (C=O) groups is 1. The van der Waals surface area contributed by atoms with Crippen LogP contribution in [-0.4, -0.2) is 33.2 Å². The number of H-pyrrole nitrogens is 1. The van der Waals surface area contributed by atoms with E-state index in [9.17, 15) is 9.90 Å². The standard InChI is InChI=1S/C23H18ClN3O4/c1-30-15-7-4-13(5-8-15)22-19-20(17-11-14(24)6-9-18(17)28)25-26-21(19)23(29)27(22)12-16-3-2-10-31-16/h2-11,22,28H,12H2,1H3,(H,25,26). The fourth-order valence-corrected chi connectivity index (χ4v) is 4.14. The third-order valence-corrected chi connectivity index (χ3v) is 5.65. The van der Waals surface area contributed by atoms with E-state index < -0.39 is 6.04 Å². The number of ether oxygens (including phenoxy) is 1. The van der Waals surface area contributed by atoms with Gasteiger partial charge in [-0.2, -0.15) is 5.10 Å². The molecule has 1 atom stereocenters. The molecule has 5 rings (SSSR count). The van der Waals surface area contributed by atoms with E-state index >= 15 is 0 Å². The van der Waals surface area contributed by atoms with E-state index in [4.69, 9.17) is 20.8 Å². The zero-order valence-corrected chi connectivity index (χ0v) is 17.3. The van der Waals surface area contributed by atoms with Crippen LogP contribution in [0.4, 0.5) is 0 Å². The molecule has 1 aliphatic heterocycles. The summed E-state index contributed by atoms with van der Waals surface area (Å²) >= 11 is 6.17. The summed E-state index contributed by atoms with van der Waals surface area (Å²) in [5.74, 6) is 1.21. The van der Waals surface area contributed by atoms with Gasteiger partial charge < -0.3 is 19.2 Å². The number of aromatic amines is 1. The number of benzene rings is 2. The Hall–Kier alpha value is -3.71. The number of aromatic hydroxyl groups is 1. The first-order chi connectivity index (χ1) is 15.1. The van der Waals surface area contributed by atoms with Gasteiger partial charge in [-0.05, 0) is 48.0 Å². The molecule has 7 nitrogen and oxygen atoms in total. The molecule has 1 unspecified atom stereocenters. The minimum Gasteiger partial charge on any atom is -0.507 e. The second kappa shape index (κ2) is 7.52. The Balaban J connectivity index is 1.67. The fraction of sp³-hybridized carbons (Fsp3) is 0.130. The summed E-state index contributed by atoms with van der Waals surface area (Å²) in [6.45, 7) is 0.284. The molecule has 8 heteroatoms. The van der Waals surface area contributed by atoms with Crippen LogP contribution in [0.1, 0.15) is 33.4 Å². The predicted octanol–water partition coefficient (Wildman–Crippen LogP) is 4.78. The molecule has 3 heterocycles. The third-order valence-electron chi connectivity index (χ3n) is 5.42. The lowest BCUT2D eigenvalue weighted by Crippen LogP contribution is -2.28. The summed E-state index contributed by atoms with van der Waals surface area (Å²) in [5.41, 5.74) is 2.87. The number of hydrogen-bond acceptors (Lipinski definition) is 5. The van der Waals surface area contributed by atoms with Crippen molar-refractivity contribution in [3.05, 3.63) is 88.5 Å². The number of carbonyl (C=O) groups excluding carboxylic acids is 1. The number of furan rings is 1. The quantitative estimate of drug-likeness (QED) is 0.470. The molecule has 0 spiro atoms. The maximum Gasteiger partial charge on any atom is 0.273 e. The predicted molar refractivity (Wildman–Crippen MR) is 114 cm³/mol. The number of aromatic nitrogens is 2. The zero-order chi connectivity index (χ0) is 21.5. The number of phenols is 1. The van der Waals surface area contributed by atoms with Crippen LogP contribution in [-0.2, 0) is 6.54 Å². The summed E-state index contributed by atoms with van der Waals surface area (Å²) in [6.07, 6.45) is 1.58. The second-order valence-corrected chi connectivity index (χ2v) is 7.65. The lowest BCUT2D eigenvalue weighted by atomic mass is 9.95. The highest BCUT2D eigenvalue weighted by atomic mass is 35.5. The van der Waals surface area contributed by atoms with Crippen LogP contribution in [0.3, 0.4) is 0 Å². The number of rotatable bonds is 5. The first-order valence-electron chi connectivity index (χ1n) is 9.61. The van der Waals surface area contributed by atoms with Crippen LogP contribution >= 0.6 is 11.6 Å². The van der Waals surface area contributed by atoms with E-state index in [-0.39, 0.29) is 18.2 Å². The molecule has 0 fully saturated rings. The Labute approximate surface area is 182 Å². The minimum atomic E-state index is -0.439. The Morgan fingerprint density at radius 3 is 2.74 bits per heavy atom. The summed E-state index contributed by atoms with van der Waals surface area (Å²) in [7, 11) is 1.60. The Bertz CT molecular complexity index is 1250. The van der Waals surface area contributed by atoms with Crippen LogP contribution in [0, 0.1) is 0 Å². The molecular weight excluding hydrogens is 418 g/mol. The third kappa shape index (κ3) is 3.23. The van der Waals surface area contributed by atoms with Crippen LogP contribution in [0.25, 0.3) is 11.3 Å². The van der Waals surface area contributed by atoms with Crippen molar-refractivity contribution in [1.82, 2.24) is 15.1 Å². The average molecular weight is 436 g/mol. The number of hydrogen-bond donors (Lipinski definition) is 2. The van der Waals surface area contributed by atoms with Gasteiger partial charge in [-0.15, -0.1) is 0 Å². The lowest BCUT2D eigenvalue weighted by molar-refractivity contribution is 0.0717.